The molecule has 1 aliphatic heterocycles. The van der Waals surface area contributed by atoms with Crippen LogP contribution >= 0.6 is 0 Å². The number of hydrogen-bond acceptors (Lipinski definition) is 9. The van der Waals surface area contributed by atoms with Crippen molar-refractivity contribution >= 4 is 29.7 Å². The SMILES string of the molecule is CC(=O)O[C@H]1[C@H](N=Cc2ccc([N+](=O)[O-])cc2)C(=O)N1C(C(=O)OCc1ccccc1)c1ccc(OCc2ccccc2)cc1. The summed E-state index contributed by atoms with van der Waals surface area (Å²) in [6.07, 6.45) is 0.162. The van der Waals surface area contributed by atoms with Gasteiger partial charge in [0, 0.05) is 25.3 Å². The number of carbonyl (C=O) groups excluding carboxylic acids is 3. The number of non-ortho nitro benzene ring substituents is 1. The first kappa shape index (κ1) is 30.6. The molecule has 45 heavy (non-hydrogen) atoms. The van der Waals surface area contributed by atoms with Crippen molar-refractivity contribution < 1.29 is 33.5 Å². The van der Waals surface area contributed by atoms with Crippen LogP contribution in [-0.2, 0) is 37.1 Å². The minimum absolute atomic E-state index is 0.0313. The van der Waals surface area contributed by atoms with Gasteiger partial charge in [-0.05, 0) is 46.5 Å². The van der Waals surface area contributed by atoms with E-state index >= 15 is 0 Å². The minimum atomic E-state index is -1.25. The molecule has 0 aromatic heterocycles. The lowest BCUT2D eigenvalue weighted by molar-refractivity contribution is -0.384. The average molecular weight is 608 g/mol. The second kappa shape index (κ2) is 14.1. The molecule has 4 aromatic rings. The van der Waals surface area contributed by atoms with E-state index in [9.17, 15) is 24.5 Å². The third kappa shape index (κ3) is 7.57. The maximum absolute atomic E-state index is 13.6. The minimum Gasteiger partial charge on any atom is -0.489 e. The largest absolute Gasteiger partial charge is 0.489 e. The predicted molar refractivity (Wildman–Crippen MR) is 163 cm³/mol. The molecule has 0 spiro atoms. The lowest BCUT2D eigenvalue weighted by Crippen LogP contribution is -2.67. The Morgan fingerprint density at radius 3 is 2.07 bits per heavy atom. The first-order valence-electron chi connectivity index (χ1n) is 14.0. The van der Waals surface area contributed by atoms with Crippen LogP contribution in [0.3, 0.4) is 0 Å². The standard InChI is InChI=1S/C34H29N3O8/c1-23(38)45-33-30(35-20-24-12-16-28(17-13-24)37(41)42)32(39)36(33)31(34(40)44-22-26-10-6-3-7-11-26)27-14-18-29(19-15-27)43-21-25-8-4-2-5-9-25/h2-20,30-31,33H,21-22H2,1H3/t30-,31?,33+/m1/s1. The average Bonchev–Trinajstić information content (AvgIpc) is 3.06. The van der Waals surface area contributed by atoms with Crippen molar-refractivity contribution in [2.24, 2.45) is 4.99 Å². The van der Waals surface area contributed by atoms with E-state index in [0.29, 0.717) is 23.5 Å². The van der Waals surface area contributed by atoms with Crippen molar-refractivity contribution in [3.8, 4) is 5.75 Å². The highest BCUT2D eigenvalue weighted by molar-refractivity contribution is 5.96. The lowest BCUT2D eigenvalue weighted by atomic mass is 9.96. The zero-order chi connectivity index (χ0) is 31.8. The molecule has 3 atom stereocenters. The van der Waals surface area contributed by atoms with Crippen molar-refractivity contribution in [2.45, 2.75) is 38.4 Å². The Morgan fingerprint density at radius 2 is 1.49 bits per heavy atom. The van der Waals surface area contributed by atoms with E-state index in [0.717, 1.165) is 16.0 Å². The number of likely N-dealkylation sites (tertiary alicyclic amines) is 1. The van der Waals surface area contributed by atoms with Crippen molar-refractivity contribution in [1.82, 2.24) is 4.90 Å². The molecule has 0 N–H and O–H groups in total. The topological polar surface area (TPSA) is 138 Å². The quantitative estimate of drug-likeness (QED) is 0.0707. The molecule has 4 aromatic carbocycles. The molecule has 1 aliphatic rings. The zero-order valence-electron chi connectivity index (χ0n) is 24.2. The van der Waals surface area contributed by atoms with Crippen LogP contribution in [0.4, 0.5) is 5.69 Å². The number of carbonyl (C=O) groups is 3. The Bertz CT molecular complexity index is 1680. The molecular formula is C34H29N3O8. The van der Waals surface area contributed by atoms with Crippen molar-refractivity contribution in [1.29, 1.82) is 0 Å². The van der Waals surface area contributed by atoms with E-state index in [4.69, 9.17) is 14.2 Å². The van der Waals surface area contributed by atoms with E-state index in [1.165, 1.54) is 37.4 Å². The monoisotopic (exact) mass is 607 g/mol. The smallest absolute Gasteiger partial charge is 0.334 e. The van der Waals surface area contributed by atoms with Crippen LogP contribution in [0, 0.1) is 10.1 Å². The van der Waals surface area contributed by atoms with Gasteiger partial charge in [0.1, 0.15) is 19.0 Å². The van der Waals surface area contributed by atoms with Gasteiger partial charge in [-0.3, -0.25) is 29.6 Å². The van der Waals surface area contributed by atoms with Gasteiger partial charge in [-0.15, -0.1) is 0 Å². The van der Waals surface area contributed by atoms with Gasteiger partial charge >= 0.3 is 11.9 Å². The Balaban J connectivity index is 1.39. The summed E-state index contributed by atoms with van der Waals surface area (Å²) in [7, 11) is 0. The number of ether oxygens (including phenoxy) is 3. The predicted octanol–water partition coefficient (Wildman–Crippen LogP) is 5.18. The van der Waals surface area contributed by atoms with Crippen molar-refractivity contribution in [3.63, 3.8) is 0 Å². The molecule has 11 heteroatoms. The zero-order valence-corrected chi connectivity index (χ0v) is 24.2. The third-order valence-electron chi connectivity index (χ3n) is 7.00. The molecular weight excluding hydrogens is 578 g/mol. The molecule has 1 saturated heterocycles. The molecule has 1 amide bonds. The fourth-order valence-corrected chi connectivity index (χ4v) is 4.73. The number of esters is 2. The van der Waals surface area contributed by atoms with E-state index in [2.05, 4.69) is 4.99 Å². The summed E-state index contributed by atoms with van der Waals surface area (Å²) >= 11 is 0. The van der Waals surface area contributed by atoms with Gasteiger partial charge in [-0.2, -0.15) is 0 Å². The summed E-state index contributed by atoms with van der Waals surface area (Å²) in [4.78, 5) is 55.1. The van der Waals surface area contributed by atoms with E-state index in [1.54, 1.807) is 36.4 Å². The molecule has 0 saturated carbocycles. The number of aliphatic imine (C=N–C) groups is 1. The summed E-state index contributed by atoms with van der Waals surface area (Å²) in [5, 5.41) is 11.0. The number of nitro benzene ring substituents is 1. The van der Waals surface area contributed by atoms with E-state index in [-0.39, 0.29) is 12.3 Å². The number of nitrogens with zero attached hydrogens (tertiary/aromatic N) is 3. The van der Waals surface area contributed by atoms with Gasteiger partial charge in [0.05, 0.1) is 4.92 Å². The molecule has 11 nitrogen and oxygen atoms in total. The number of hydrogen-bond donors (Lipinski definition) is 0. The maximum atomic E-state index is 13.6. The highest BCUT2D eigenvalue weighted by atomic mass is 16.6. The summed E-state index contributed by atoms with van der Waals surface area (Å²) in [6, 6.07) is 28.6. The van der Waals surface area contributed by atoms with Crippen LogP contribution in [0.25, 0.3) is 0 Å². The normalized spacial score (nSPS) is 16.5. The van der Waals surface area contributed by atoms with Gasteiger partial charge < -0.3 is 14.2 Å². The lowest BCUT2D eigenvalue weighted by Gasteiger charge is -2.46. The van der Waals surface area contributed by atoms with Crippen molar-refractivity contribution in [3.05, 3.63) is 142 Å². The molecule has 1 unspecified atom stereocenters. The van der Waals surface area contributed by atoms with Crippen LogP contribution < -0.4 is 4.74 Å². The molecule has 0 bridgehead atoms. The van der Waals surface area contributed by atoms with Gasteiger partial charge in [0.2, 0.25) is 6.23 Å². The summed E-state index contributed by atoms with van der Waals surface area (Å²) < 4.78 is 17.0. The Hall–Kier alpha value is -5.84. The van der Waals surface area contributed by atoms with Gasteiger partial charge in [0.25, 0.3) is 11.6 Å². The van der Waals surface area contributed by atoms with Gasteiger partial charge in [0.15, 0.2) is 12.1 Å². The number of benzene rings is 4. The van der Waals surface area contributed by atoms with Gasteiger partial charge in [-0.25, -0.2) is 4.79 Å². The third-order valence-corrected chi connectivity index (χ3v) is 7.00. The van der Waals surface area contributed by atoms with Crippen LogP contribution in [0.5, 0.6) is 5.75 Å². The first-order valence-corrected chi connectivity index (χ1v) is 14.0. The molecule has 1 fully saturated rings. The molecule has 0 radical (unpaired) electrons. The summed E-state index contributed by atoms with van der Waals surface area (Å²) in [5.41, 5.74) is 2.57. The molecule has 1 heterocycles. The van der Waals surface area contributed by atoms with E-state index < -0.39 is 41.1 Å². The number of rotatable bonds is 12. The molecule has 5 rings (SSSR count). The second-order valence-corrected chi connectivity index (χ2v) is 10.2. The summed E-state index contributed by atoms with van der Waals surface area (Å²) in [6.45, 7) is 1.51. The number of β-lactam (4-membered cyclic amide) rings is 1. The highest BCUT2D eigenvalue weighted by Gasteiger charge is 2.55. The van der Waals surface area contributed by atoms with Crippen molar-refractivity contribution in [2.75, 3.05) is 0 Å². The van der Waals surface area contributed by atoms with Gasteiger partial charge in [-0.1, -0.05) is 72.8 Å². The molecule has 228 valence electrons. The number of nitro groups is 1. The highest BCUT2D eigenvalue weighted by Crippen LogP contribution is 2.36. The molecule has 0 aliphatic carbocycles. The Kier molecular flexibility index (Phi) is 9.58. The second-order valence-electron chi connectivity index (χ2n) is 10.2. The fourth-order valence-electron chi connectivity index (χ4n) is 4.73. The summed E-state index contributed by atoms with van der Waals surface area (Å²) in [5.74, 6) is -1.41. The number of amides is 1. The first-order chi connectivity index (χ1) is 21.8. The van der Waals surface area contributed by atoms with E-state index in [1.807, 2.05) is 48.5 Å². The van der Waals surface area contributed by atoms with Crippen LogP contribution in [0.15, 0.2) is 114 Å². The van der Waals surface area contributed by atoms with Crippen LogP contribution in [0.2, 0.25) is 0 Å². The Labute approximate surface area is 258 Å². The van der Waals surface area contributed by atoms with Crippen LogP contribution in [-0.4, -0.2) is 46.2 Å². The Morgan fingerprint density at radius 1 is 0.889 bits per heavy atom. The van der Waals surface area contributed by atoms with Crippen LogP contribution in [0.1, 0.15) is 35.2 Å². The maximum Gasteiger partial charge on any atom is 0.334 e. The fraction of sp³-hybridized carbons (Fsp3) is 0.176.